The maximum Gasteiger partial charge on any atom is 0.305 e. The molecule has 0 radical (unpaired) electrons. The van der Waals surface area contributed by atoms with Crippen LogP contribution in [0.5, 0.6) is 0 Å². The molecule has 0 aliphatic heterocycles. The molecule has 4 amide bonds. The van der Waals surface area contributed by atoms with E-state index in [0.29, 0.717) is 12.0 Å². The molecule has 0 unspecified atom stereocenters. The Morgan fingerprint density at radius 2 is 1.38 bits per heavy atom. The smallest absolute Gasteiger partial charge is 0.305 e. The Morgan fingerprint density at radius 3 is 1.87 bits per heavy atom. The molecule has 1 aromatic rings. The lowest BCUT2D eigenvalue weighted by atomic mass is 9.95. The second-order valence-electron chi connectivity index (χ2n) is 12.6. The average molecular weight is 668 g/mol. The summed E-state index contributed by atoms with van der Waals surface area (Å²) in [4.78, 5) is 63.6. The number of carboxylic acid groups (broad SMARTS) is 1. The van der Waals surface area contributed by atoms with Gasteiger partial charge < -0.3 is 52.5 Å². The number of amides is 4. The van der Waals surface area contributed by atoms with Crippen LogP contribution >= 0.6 is 0 Å². The van der Waals surface area contributed by atoms with Crippen LogP contribution in [-0.4, -0.2) is 104 Å². The van der Waals surface area contributed by atoms with Crippen LogP contribution in [0.4, 0.5) is 0 Å². The highest BCUT2D eigenvalue weighted by Crippen LogP contribution is 2.18. The lowest BCUT2D eigenvalue weighted by Crippen LogP contribution is -2.61. The van der Waals surface area contributed by atoms with Crippen LogP contribution in [-0.2, 0) is 24.0 Å². The number of nitrogens with two attached hydrogens (primary N) is 1. The van der Waals surface area contributed by atoms with Crippen molar-refractivity contribution in [2.24, 2.45) is 23.5 Å². The molecule has 0 aromatic heterocycles. The highest BCUT2D eigenvalue weighted by Gasteiger charge is 2.38. The Bertz CT molecular complexity index is 1170. The van der Waals surface area contributed by atoms with Crippen LogP contribution in [0.2, 0.25) is 0 Å². The molecule has 0 saturated carbocycles. The van der Waals surface area contributed by atoms with Gasteiger partial charge in [-0.2, -0.15) is 0 Å². The number of carbonyl (C=O) groups excluding carboxylic acids is 4. The zero-order valence-electron chi connectivity index (χ0n) is 27.9. The van der Waals surface area contributed by atoms with E-state index in [-0.39, 0.29) is 24.2 Å². The molecule has 0 bridgehead atoms. The van der Waals surface area contributed by atoms with Gasteiger partial charge in [-0.05, 0) is 29.7 Å². The molecule has 1 rings (SSSR count). The number of nitrogens with one attached hydrogen (secondary N) is 4. The molecule has 266 valence electrons. The normalized spacial score (nSPS) is 17.3. The molecular weight excluding hydrogens is 614 g/mol. The first kappa shape index (κ1) is 41.4. The zero-order valence-corrected chi connectivity index (χ0v) is 27.9. The van der Waals surface area contributed by atoms with Crippen LogP contribution in [0.25, 0.3) is 0 Å². The Kier molecular flexibility index (Phi) is 17.5. The fraction of sp³-hybridized carbons (Fsp3) is 0.656. The van der Waals surface area contributed by atoms with E-state index >= 15 is 0 Å². The summed E-state index contributed by atoms with van der Waals surface area (Å²) in [7, 11) is 0. The number of hydrogen-bond acceptors (Lipinski definition) is 10. The third-order valence-corrected chi connectivity index (χ3v) is 7.93. The summed E-state index contributed by atoms with van der Waals surface area (Å²) < 4.78 is 0. The molecule has 0 aliphatic rings. The van der Waals surface area contributed by atoms with E-state index in [2.05, 4.69) is 21.3 Å². The number of hydrogen-bond donors (Lipinski definition) is 10. The lowest BCUT2D eigenvalue weighted by molar-refractivity contribution is -0.145. The van der Waals surface area contributed by atoms with E-state index in [1.54, 1.807) is 65.0 Å². The summed E-state index contributed by atoms with van der Waals surface area (Å²) in [5.74, 6) is -5.08. The summed E-state index contributed by atoms with van der Waals surface area (Å²) in [5.41, 5.74) is 6.37. The van der Waals surface area contributed by atoms with Gasteiger partial charge in [0.25, 0.3) is 5.91 Å². The molecule has 1 aromatic carbocycles. The van der Waals surface area contributed by atoms with Crippen LogP contribution < -0.4 is 27.0 Å². The minimum Gasteiger partial charge on any atom is -0.481 e. The Labute approximate surface area is 275 Å². The summed E-state index contributed by atoms with van der Waals surface area (Å²) in [6, 6.07) is 2.32. The first-order valence-corrected chi connectivity index (χ1v) is 15.8. The molecule has 15 heteroatoms. The Balaban J connectivity index is 3.08. The lowest BCUT2D eigenvalue weighted by Gasteiger charge is -2.31. The Morgan fingerprint density at radius 1 is 0.787 bits per heavy atom. The van der Waals surface area contributed by atoms with Gasteiger partial charge in [0.2, 0.25) is 17.7 Å². The van der Waals surface area contributed by atoms with Gasteiger partial charge >= 0.3 is 5.97 Å². The van der Waals surface area contributed by atoms with Gasteiger partial charge in [0.05, 0.1) is 31.2 Å². The summed E-state index contributed by atoms with van der Waals surface area (Å²) in [6.07, 6.45) is -6.46. The van der Waals surface area contributed by atoms with Crippen LogP contribution in [0.15, 0.2) is 30.3 Å². The Hall–Kier alpha value is -3.63. The fourth-order valence-electron chi connectivity index (χ4n) is 4.69. The topological polar surface area (TPSA) is 261 Å². The van der Waals surface area contributed by atoms with Crippen molar-refractivity contribution >= 4 is 29.6 Å². The fourth-order valence-corrected chi connectivity index (χ4v) is 4.69. The van der Waals surface area contributed by atoms with Crippen molar-refractivity contribution in [2.45, 2.75) is 109 Å². The van der Waals surface area contributed by atoms with Gasteiger partial charge in [0.1, 0.15) is 24.3 Å². The highest BCUT2D eigenvalue weighted by atomic mass is 16.4. The number of aliphatic hydroxyl groups is 4. The predicted molar refractivity (Wildman–Crippen MR) is 172 cm³/mol. The van der Waals surface area contributed by atoms with E-state index in [1.807, 2.05) is 6.92 Å². The second-order valence-corrected chi connectivity index (χ2v) is 12.6. The number of aliphatic carboxylic acids is 1. The van der Waals surface area contributed by atoms with Crippen LogP contribution in [0.1, 0.15) is 72.4 Å². The summed E-state index contributed by atoms with van der Waals surface area (Å²) in [6.45, 7) is 9.79. The largest absolute Gasteiger partial charge is 0.481 e. The number of aliphatic hydroxyl groups excluding tert-OH is 4. The van der Waals surface area contributed by atoms with Gasteiger partial charge in [-0.1, -0.05) is 78.3 Å². The van der Waals surface area contributed by atoms with E-state index in [4.69, 9.17) is 5.73 Å². The average Bonchev–Trinajstić information content (AvgIpc) is 3.03. The van der Waals surface area contributed by atoms with Gasteiger partial charge in [0.15, 0.2) is 6.10 Å². The molecule has 0 aliphatic carbocycles. The molecule has 0 spiro atoms. The van der Waals surface area contributed by atoms with Gasteiger partial charge in [0, 0.05) is 0 Å². The molecule has 11 N–H and O–H groups in total. The third-order valence-electron chi connectivity index (χ3n) is 7.93. The first-order valence-electron chi connectivity index (χ1n) is 15.8. The molecule has 15 nitrogen and oxygen atoms in total. The number of carboxylic acids is 1. The minimum absolute atomic E-state index is 0.117. The number of benzene rings is 1. The highest BCUT2D eigenvalue weighted by molar-refractivity contribution is 5.93. The van der Waals surface area contributed by atoms with Crippen molar-refractivity contribution in [3.8, 4) is 0 Å². The van der Waals surface area contributed by atoms with Crippen molar-refractivity contribution in [3.63, 3.8) is 0 Å². The van der Waals surface area contributed by atoms with E-state index in [1.165, 1.54) is 0 Å². The maximum atomic E-state index is 13.4. The van der Waals surface area contributed by atoms with Crippen molar-refractivity contribution in [2.75, 3.05) is 6.61 Å². The van der Waals surface area contributed by atoms with Crippen LogP contribution in [0, 0.1) is 17.8 Å². The van der Waals surface area contributed by atoms with Crippen LogP contribution in [0.3, 0.4) is 0 Å². The molecule has 0 heterocycles. The molecule has 0 saturated heterocycles. The molecule has 0 fully saturated rings. The minimum atomic E-state index is -2.28. The number of carbonyl (C=O) groups is 5. The van der Waals surface area contributed by atoms with E-state index < -0.39 is 91.1 Å². The van der Waals surface area contributed by atoms with Gasteiger partial charge in [-0.25, -0.2) is 0 Å². The quantitative estimate of drug-likeness (QED) is 0.0800. The second kappa shape index (κ2) is 19.9. The molecule has 47 heavy (non-hydrogen) atoms. The standard InChI is InChI=1S/C32H53N5O10/c1-7-18(6)25(37-30(45)24(33)17(4)5)31(46)35-21(13-16(2)3)29(44)36-22(15-38)26(41)27(42)28(43)32(47)34-20(14-23(39)40)19-11-9-8-10-12-19/h8-12,16-18,20-22,24-28,38,41-43H,7,13-15,33H2,1-6H3,(H,34,47)(H,35,46)(H,36,44)(H,37,45)(H,39,40)/t18-,20+,21-,22+,24-,25-,26-,27-,28+/m0/s1. The maximum absolute atomic E-state index is 13.4. The monoisotopic (exact) mass is 667 g/mol. The van der Waals surface area contributed by atoms with E-state index in [9.17, 15) is 49.5 Å². The summed E-state index contributed by atoms with van der Waals surface area (Å²) in [5, 5.41) is 61.2. The third kappa shape index (κ3) is 13.2. The molecular formula is C32H53N5O10. The summed E-state index contributed by atoms with van der Waals surface area (Å²) >= 11 is 0. The van der Waals surface area contributed by atoms with Crippen molar-refractivity contribution in [1.29, 1.82) is 0 Å². The van der Waals surface area contributed by atoms with Crippen molar-refractivity contribution < 1.29 is 49.5 Å². The predicted octanol–water partition coefficient (Wildman–Crippen LogP) is -1.08. The zero-order chi connectivity index (χ0) is 36.0. The first-order chi connectivity index (χ1) is 21.9. The van der Waals surface area contributed by atoms with Crippen molar-refractivity contribution in [3.05, 3.63) is 35.9 Å². The van der Waals surface area contributed by atoms with E-state index in [0.717, 1.165) is 0 Å². The number of rotatable bonds is 20. The van der Waals surface area contributed by atoms with Gasteiger partial charge in [-0.3, -0.25) is 24.0 Å². The molecule has 9 atom stereocenters. The van der Waals surface area contributed by atoms with Crippen molar-refractivity contribution in [1.82, 2.24) is 21.3 Å². The van der Waals surface area contributed by atoms with Gasteiger partial charge in [-0.15, -0.1) is 0 Å². The SMILES string of the molecule is CC[C@H](C)[C@H](NC(=O)[C@@H](N)C(C)C)C(=O)N[C@@H](CC(C)C)C(=O)N[C@H](CO)[C@H](O)[C@H](O)[C@@H](O)C(=O)N[C@H](CC(=O)O)c1ccccc1.